The maximum Gasteiger partial charge on any atom is 0.295 e. The lowest BCUT2D eigenvalue weighted by Crippen LogP contribution is -2.31. The molecule has 10 heteroatoms. The van der Waals surface area contributed by atoms with Crippen LogP contribution in [0.15, 0.2) is 55.1 Å². The minimum atomic E-state index is -1.08. The summed E-state index contributed by atoms with van der Waals surface area (Å²) in [5.41, 5.74) is 0.186. The third-order valence-corrected chi connectivity index (χ3v) is 5.47. The predicted octanol–water partition coefficient (Wildman–Crippen LogP) is 4.14. The Labute approximate surface area is 184 Å². The van der Waals surface area contributed by atoms with Gasteiger partial charge in [-0.15, -0.1) is 0 Å². The van der Waals surface area contributed by atoms with E-state index >= 15 is 0 Å². The van der Waals surface area contributed by atoms with Crippen LogP contribution in [-0.4, -0.2) is 34.2 Å². The van der Waals surface area contributed by atoms with Gasteiger partial charge in [0.05, 0.1) is 23.2 Å². The van der Waals surface area contributed by atoms with Gasteiger partial charge in [0.15, 0.2) is 28.8 Å². The number of carbonyl (C=O) groups is 2. The number of carbonyl (C=O) groups excluding carboxylic acids is 2. The molecule has 1 aliphatic heterocycles. The van der Waals surface area contributed by atoms with Crippen molar-refractivity contribution < 1.29 is 33.5 Å². The smallest absolute Gasteiger partial charge is 0.295 e. The molecule has 0 aliphatic carbocycles. The molecular weight excluding hydrogens is 472 g/mol. The Morgan fingerprint density at radius 2 is 1.94 bits per heavy atom. The zero-order valence-corrected chi connectivity index (χ0v) is 18.3. The first kappa shape index (κ1) is 20.7. The number of aromatic nitrogens is 1. The van der Waals surface area contributed by atoms with Crippen molar-refractivity contribution in [2.24, 2.45) is 0 Å². The van der Waals surface area contributed by atoms with E-state index in [0.29, 0.717) is 17.1 Å². The molecule has 4 rings (SSSR count). The highest BCUT2D eigenvalue weighted by atomic mass is 79.9. The van der Waals surface area contributed by atoms with Crippen LogP contribution >= 0.6 is 15.9 Å². The van der Waals surface area contributed by atoms with Gasteiger partial charge >= 0.3 is 0 Å². The summed E-state index contributed by atoms with van der Waals surface area (Å²) in [5, 5.41) is 24.8. The zero-order valence-electron chi connectivity index (χ0n) is 16.7. The lowest BCUT2D eigenvalue weighted by atomic mass is 9.94. The van der Waals surface area contributed by atoms with Gasteiger partial charge in [0.2, 0.25) is 5.78 Å². The van der Waals surface area contributed by atoms with Crippen molar-refractivity contribution in [3.05, 3.63) is 69.0 Å². The number of ether oxygens (including phenoxy) is 1. The number of rotatable bonds is 5. The molecule has 0 radical (unpaired) electrons. The maximum absolute atomic E-state index is 13.3. The SMILES string of the molecule is COc1cc([C@@H]2C(C(=O)c3ccc(C)o3)=C(O)C(=O)N2c2cc(C)on2)cc(Br)c1O. The number of aliphatic hydroxyl groups is 1. The normalized spacial score (nSPS) is 16.3. The fraction of sp³-hybridized carbons (Fsp3) is 0.190. The summed E-state index contributed by atoms with van der Waals surface area (Å²) in [5.74, 6) is -1.23. The Morgan fingerprint density at radius 3 is 2.52 bits per heavy atom. The molecule has 1 aromatic carbocycles. The number of hydrogen-bond donors (Lipinski definition) is 2. The molecule has 160 valence electrons. The van der Waals surface area contributed by atoms with E-state index < -0.39 is 23.5 Å². The molecule has 1 atom stereocenters. The van der Waals surface area contributed by atoms with Crippen LogP contribution < -0.4 is 9.64 Å². The number of amides is 1. The van der Waals surface area contributed by atoms with E-state index in [0.717, 1.165) is 4.90 Å². The quantitative estimate of drug-likeness (QED) is 0.512. The van der Waals surface area contributed by atoms with Crippen molar-refractivity contribution in [3.63, 3.8) is 0 Å². The summed E-state index contributed by atoms with van der Waals surface area (Å²) in [6, 6.07) is 6.49. The molecule has 0 unspecified atom stereocenters. The van der Waals surface area contributed by atoms with Crippen molar-refractivity contribution >= 4 is 33.4 Å². The van der Waals surface area contributed by atoms with Crippen molar-refractivity contribution in [3.8, 4) is 11.5 Å². The number of aryl methyl sites for hydroxylation is 2. The molecule has 3 aromatic rings. The highest BCUT2D eigenvalue weighted by Gasteiger charge is 2.46. The number of nitrogens with zero attached hydrogens (tertiary/aromatic N) is 2. The fourth-order valence-electron chi connectivity index (χ4n) is 3.45. The molecule has 0 fully saturated rings. The Bertz CT molecular complexity index is 1240. The maximum atomic E-state index is 13.3. The number of aromatic hydroxyl groups is 1. The van der Waals surface area contributed by atoms with E-state index in [1.54, 1.807) is 19.9 Å². The first-order valence-corrected chi connectivity index (χ1v) is 9.89. The van der Waals surface area contributed by atoms with Gasteiger partial charge in [-0.3, -0.25) is 14.5 Å². The summed E-state index contributed by atoms with van der Waals surface area (Å²) in [6.07, 6.45) is 0. The van der Waals surface area contributed by atoms with E-state index in [1.807, 2.05) is 0 Å². The number of anilines is 1. The summed E-state index contributed by atoms with van der Waals surface area (Å²) in [4.78, 5) is 27.4. The second-order valence-electron chi connectivity index (χ2n) is 6.93. The van der Waals surface area contributed by atoms with E-state index in [1.165, 1.54) is 31.4 Å². The van der Waals surface area contributed by atoms with Crippen LogP contribution in [0.4, 0.5) is 5.82 Å². The monoisotopic (exact) mass is 488 g/mol. The number of ketones is 1. The second-order valence-corrected chi connectivity index (χ2v) is 7.78. The van der Waals surface area contributed by atoms with E-state index in [-0.39, 0.29) is 33.1 Å². The Morgan fingerprint density at radius 1 is 1.19 bits per heavy atom. The average molecular weight is 489 g/mol. The average Bonchev–Trinajstić information content (AvgIpc) is 3.42. The van der Waals surface area contributed by atoms with Crippen LogP contribution in [0.25, 0.3) is 0 Å². The Balaban J connectivity index is 1.93. The van der Waals surface area contributed by atoms with E-state index in [2.05, 4.69) is 21.1 Å². The molecule has 0 saturated heterocycles. The molecule has 2 aromatic heterocycles. The first-order valence-electron chi connectivity index (χ1n) is 9.10. The second kappa shape index (κ2) is 7.62. The number of halogens is 1. The van der Waals surface area contributed by atoms with Crippen LogP contribution in [0.2, 0.25) is 0 Å². The minimum absolute atomic E-state index is 0.0279. The number of aliphatic hydroxyl groups excluding tert-OH is 1. The van der Waals surface area contributed by atoms with Crippen LogP contribution in [0.5, 0.6) is 11.5 Å². The molecule has 31 heavy (non-hydrogen) atoms. The number of phenolic OH excluding ortho intramolecular Hbond substituents is 1. The molecule has 0 spiro atoms. The van der Waals surface area contributed by atoms with Crippen LogP contribution in [0, 0.1) is 13.8 Å². The molecule has 9 nitrogen and oxygen atoms in total. The van der Waals surface area contributed by atoms with Crippen LogP contribution in [0.3, 0.4) is 0 Å². The van der Waals surface area contributed by atoms with Crippen molar-refractivity contribution in [1.29, 1.82) is 0 Å². The predicted molar refractivity (Wildman–Crippen MR) is 111 cm³/mol. The van der Waals surface area contributed by atoms with Crippen molar-refractivity contribution in [2.45, 2.75) is 19.9 Å². The van der Waals surface area contributed by atoms with Gasteiger partial charge in [-0.25, -0.2) is 0 Å². The summed E-state index contributed by atoms with van der Waals surface area (Å²) in [7, 11) is 1.37. The van der Waals surface area contributed by atoms with Crippen LogP contribution in [0.1, 0.15) is 33.7 Å². The number of Topliss-reactive ketones (excluding diaryl/α,β-unsaturated/α-hetero) is 1. The van der Waals surface area contributed by atoms with Gasteiger partial charge in [0.1, 0.15) is 11.5 Å². The molecular formula is C21H17BrN2O7. The number of benzene rings is 1. The third-order valence-electron chi connectivity index (χ3n) is 4.87. The van der Waals surface area contributed by atoms with Gasteiger partial charge in [-0.2, -0.15) is 0 Å². The molecule has 1 amide bonds. The van der Waals surface area contributed by atoms with Gasteiger partial charge in [-0.05, 0) is 59.6 Å². The van der Waals surface area contributed by atoms with E-state index in [4.69, 9.17) is 13.7 Å². The fourth-order valence-corrected chi connectivity index (χ4v) is 3.91. The van der Waals surface area contributed by atoms with Gasteiger partial charge in [0.25, 0.3) is 5.91 Å². The molecule has 2 N–H and O–H groups in total. The summed E-state index contributed by atoms with van der Waals surface area (Å²) < 4.78 is 16.0. The Hall–Kier alpha value is -3.53. The lowest BCUT2D eigenvalue weighted by molar-refractivity contribution is -0.117. The van der Waals surface area contributed by atoms with Crippen LogP contribution in [-0.2, 0) is 4.79 Å². The number of hydrogen-bond acceptors (Lipinski definition) is 8. The summed E-state index contributed by atoms with van der Waals surface area (Å²) in [6.45, 7) is 3.33. The Kier molecular flexibility index (Phi) is 5.10. The minimum Gasteiger partial charge on any atom is -0.503 e. The molecule has 0 saturated carbocycles. The first-order chi connectivity index (χ1) is 14.7. The van der Waals surface area contributed by atoms with Crippen molar-refractivity contribution in [2.75, 3.05) is 12.0 Å². The molecule has 0 bridgehead atoms. The summed E-state index contributed by atoms with van der Waals surface area (Å²) >= 11 is 3.25. The largest absolute Gasteiger partial charge is 0.503 e. The number of methoxy groups -OCH3 is 1. The zero-order chi connectivity index (χ0) is 22.4. The third kappa shape index (κ3) is 3.38. The lowest BCUT2D eigenvalue weighted by Gasteiger charge is -2.25. The van der Waals surface area contributed by atoms with E-state index in [9.17, 15) is 19.8 Å². The standard InChI is InChI=1S/C21H17BrN2O7/c1-9-4-5-13(30-9)19(26)16-17(11-7-12(22)18(25)14(8-11)29-3)24(21(28)20(16)27)15-6-10(2)31-23-15/h4-8,17,25,27H,1-3H3/t17-/m1/s1. The highest BCUT2D eigenvalue weighted by molar-refractivity contribution is 9.10. The molecule has 1 aliphatic rings. The molecule has 3 heterocycles. The van der Waals surface area contributed by atoms with Crippen molar-refractivity contribution in [1.82, 2.24) is 5.16 Å². The van der Waals surface area contributed by atoms with Gasteiger partial charge in [-0.1, -0.05) is 5.16 Å². The van der Waals surface area contributed by atoms with Gasteiger partial charge < -0.3 is 23.9 Å². The number of phenols is 1. The highest BCUT2D eigenvalue weighted by Crippen LogP contribution is 2.45. The topological polar surface area (TPSA) is 126 Å². The number of furan rings is 1. The van der Waals surface area contributed by atoms with Gasteiger partial charge in [0, 0.05) is 6.07 Å².